The van der Waals surface area contributed by atoms with Crippen molar-refractivity contribution in [1.29, 1.82) is 0 Å². The number of hydrogen-bond donors (Lipinski definition) is 0. The highest BCUT2D eigenvalue weighted by atomic mass is 16.2. The molecule has 0 aliphatic carbocycles. The standard InChI is InChI=1S/C23H27N3O/c1-4-16(2)14-26-21-8-6-5-7-20(21)24-23(26)18-13-22(27)25(15-18)19-11-9-17(3)10-12-19/h5-12,16,18H,4,13-15H2,1-3H3. The minimum atomic E-state index is 0.134. The van der Waals surface area contributed by atoms with Crippen molar-refractivity contribution in [2.75, 3.05) is 11.4 Å². The second-order valence-corrected chi connectivity index (χ2v) is 7.82. The number of anilines is 1. The Morgan fingerprint density at radius 3 is 2.63 bits per heavy atom. The lowest BCUT2D eigenvalue weighted by Gasteiger charge is -2.19. The van der Waals surface area contributed by atoms with Gasteiger partial charge in [0.2, 0.25) is 5.91 Å². The molecule has 0 spiro atoms. The fourth-order valence-electron chi connectivity index (χ4n) is 3.89. The minimum Gasteiger partial charge on any atom is -0.327 e. The van der Waals surface area contributed by atoms with E-state index in [1.54, 1.807) is 0 Å². The molecular formula is C23H27N3O. The van der Waals surface area contributed by atoms with Crippen LogP contribution in [-0.2, 0) is 11.3 Å². The lowest BCUT2D eigenvalue weighted by atomic mass is 10.1. The summed E-state index contributed by atoms with van der Waals surface area (Å²) in [6.45, 7) is 8.21. The molecule has 140 valence electrons. The highest BCUT2D eigenvalue weighted by Crippen LogP contribution is 2.33. The normalized spacial score (nSPS) is 18.4. The molecule has 27 heavy (non-hydrogen) atoms. The number of rotatable bonds is 5. The number of imidazole rings is 1. The predicted octanol–water partition coefficient (Wildman–Crippen LogP) is 4.91. The molecular weight excluding hydrogens is 334 g/mol. The summed E-state index contributed by atoms with van der Waals surface area (Å²) in [5.74, 6) is 1.95. The Balaban J connectivity index is 1.69. The van der Waals surface area contributed by atoms with E-state index in [1.165, 1.54) is 11.1 Å². The van der Waals surface area contributed by atoms with Gasteiger partial charge in [0.25, 0.3) is 0 Å². The van der Waals surface area contributed by atoms with E-state index in [0.717, 1.165) is 30.0 Å². The van der Waals surface area contributed by atoms with Gasteiger partial charge in [-0.15, -0.1) is 0 Å². The number of hydrogen-bond acceptors (Lipinski definition) is 2. The molecule has 0 N–H and O–H groups in total. The van der Waals surface area contributed by atoms with E-state index in [9.17, 15) is 4.79 Å². The molecule has 1 saturated heterocycles. The van der Waals surface area contributed by atoms with E-state index in [0.29, 0.717) is 18.9 Å². The number of aryl methyl sites for hydroxylation is 1. The van der Waals surface area contributed by atoms with Crippen LogP contribution < -0.4 is 4.90 Å². The molecule has 2 unspecified atom stereocenters. The summed E-state index contributed by atoms with van der Waals surface area (Å²) in [6, 6.07) is 16.5. The number of benzene rings is 2. The van der Waals surface area contributed by atoms with E-state index in [1.807, 2.05) is 23.1 Å². The van der Waals surface area contributed by atoms with Crippen LogP contribution in [0.1, 0.15) is 44.0 Å². The highest BCUT2D eigenvalue weighted by Gasteiger charge is 2.34. The van der Waals surface area contributed by atoms with Gasteiger partial charge in [0.1, 0.15) is 5.82 Å². The summed E-state index contributed by atoms with van der Waals surface area (Å²) in [4.78, 5) is 19.6. The van der Waals surface area contributed by atoms with E-state index in [2.05, 4.69) is 55.7 Å². The van der Waals surface area contributed by atoms with Gasteiger partial charge in [-0.25, -0.2) is 4.98 Å². The third-order valence-corrected chi connectivity index (χ3v) is 5.71. The number of aromatic nitrogens is 2. The molecule has 4 nitrogen and oxygen atoms in total. The Kier molecular flexibility index (Phi) is 4.73. The molecule has 4 rings (SSSR count). The average molecular weight is 361 g/mol. The van der Waals surface area contributed by atoms with Crippen molar-refractivity contribution >= 4 is 22.6 Å². The van der Waals surface area contributed by atoms with Crippen LogP contribution in [0.2, 0.25) is 0 Å². The van der Waals surface area contributed by atoms with Crippen molar-refractivity contribution in [1.82, 2.24) is 9.55 Å². The van der Waals surface area contributed by atoms with Crippen LogP contribution in [0.5, 0.6) is 0 Å². The first kappa shape index (κ1) is 17.8. The SMILES string of the molecule is CCC(C)Cn1c(C2CC(=O)N(c3ccc(C)cc3)C2)nc2ccccc21. The Morgan fingerprint density at radius 2 is 1.89 bits per heavy atom. The van der Waals surface area contributed by atoms with Crippen LogP contribution in [0.4, 0.5) is 5.69 Å². The second kappa shape index (κ2) is 7.18. The molecule has 1 fully saturated rings. The van der Waals surface area contributed by atoms with Gasteiger partial charge < -0.3 is 9.47 Å². The Morgan fingerprint density at radius 1 is 1.15 bits per heavy atom. The van der Waals surface area contributed by atoms with Gasteiger partial charge in [0, 0.05) is 31.1 Å². The Bertz CT molecular complexity index is 957. The Labute approximate surface area is 160 Å². The fraction of sp³-hybridized carbons (Fsp3) is 0.391. The third-order valence-electron chi connectivity index (χ3n) is 5.71. The van der Waals surface area contributed by atoms with Crippen molar-refractivity contribution in [2.24, 2.45) is 5.92 Å². The van der Waals surface area contributed by atoms with Gasteiger partial charge in [0.05, 0.1) is 11.0 Å². The van der Waals surface area contributed by atoms with Gasteiger partial charge in [-0.05, 0) is 37.1 Å². The number of fused-ring (bicyclic) bond motifs is 1. The monoisotopic (exact) mass is 361 g/mol. The van der Waals surface area contributed by atoms with Crippen molar-refractivity contribution in [3.05, 3.63) is 59.9 Å². The maximum Gasteiger partial charge on any atom is 0.227 e. The van der Waals surface area contributed by atoms with Crippen molar-refractivity contribution in [3.8, 4) is 0 Å². The maximum atomic E-state index is 12.7. The second-order valence-electron chi connectivity index (χ2n) is 7.82. The zero-order chi connectivity index (χ0) is 19.0. The molecule has 4 heteroatoms. The first-order valence-corrected chi connectivity index (χ1v) is 9.89. The molecule has 2 heterocycles. The van der Waals surface area contributed by atoms with Crippen LogP contribution in [0.15, 0.2) is 48.5 Å². The molecule has 0 saturated carbocycles. The molecule has 3 aromatic rings. The fourth-order valence-corrected chi connectivity index (χ4v) is 3.89. The van der Waals surface area contributed by atoms with Gasteiger partial charge in [-0.1, -0.05) is 50.1 Å². The summed E-state index contributed by atoms with van der Waals surface area (Å²) in [5, 5.41) is 0. The first-order chi connectivity index (χ1) is 13.1. The van der Waals surface area contributed by atoms with Crippen LogP contribution in [-0.4, -0.2) is 22.0 Å². The molecule has 1 amide bonds. The largest absolute Gasteiger partial charge is 0.327 e. The van der Waals surface area contributed by atoms with Crippen LogP contribution in [0, 0.1) is 12.8 Å². The van der Waals surface area contributed by atoms with Crippen molar-refractivity contribution in [3.63, 3.8) is 0 Å². The molecule has 0 bridgehead atoms. The molecule has 0 radical (unpaired) electrons. The summed E-state index contributed by atoms with van der Waals surface area (Å²) in [6.07, 6.45) is 1.66. The topological polar surface area (TPSA) is 38.1 Å². The van der Waals surface area contributed by atoms with Crippen molar-refractivity contribution in [2.45, 2.75) is 46.1 Å². The van der Waals surface area contributed by atoms with Gasteiger partial charge in [-0.3, -0.25) is 4.79 Å². The molecule has 2 atom stereocenters. The van der Waals surface area contributed by atoms with Crippen LogP contribution in [0.25, 0.3) is 11.0 Å². The predicted molar refractivity (Wildman–Crippen MR) is 110 cm³/mol. The molecule has 2 aromatic carbocycles. The lowest BCUT2D eigenvalue weighted by Crippen LogP contribution is -2.24. The lowest BCUT2D eigenvalue weighted by molar-refractivity contribution is -0.117. The number of carbonyl (C=O) groups excluding carboxylic acids is 1. The number of carbonyl (C=O) groups is 1. The molecule has 1 aliphatic rings. The zero-order valence-corrected chi connectivity index (χ0v) is 16.4. The van der Waals surface area contributed by atoms with E-state index >= 15 is 0 Å². The summed E-state index contributed by atoms with van der Waals surface area (Å²) >= 11 is 0. The summed E-state index contributed by atoms with van der Waals surface area (Å²) < 4.78 is 2.35. The highest BCUT2D eigenvalue weighted by molar-refractivity contribution is 5.96. The minimum absolute atomic E-state index is 0.134. The van der Waals surface area contributed by atoms with Gasteiger partial charge >= 0.3 is 0 Å². The van der Waals surface area contributed by atoms with Crippen molar-refractivity contribution < 1.29 is 4.79 Å². The van der Waals surface area contributed by atoms with Gasteiger partial charge in [-0.2, -0.15) is 0 Å². The smallest absolute Gasteiger partial charge is 0.227 e. The third kappa shape index (κ3) is 3.36. The van der Waals surface area contributed by atoms with E-state index in [4.69, 9.17) is 4.98 Å². The average Bonchev–Trinajstić information content (AvgIpc) is 3.23. The quantitative estimate of drug-likeness (QED) is 0.647. The molecule has 1 aromatic heterocycles. The van der Waals surface area contributed by atoms with Crippen LogP contribution in [0.3, 0.4) is 0 Å². The van der Waals surface area contributed by atoms with E-state index in [-0.39, 0.29) is 11.8 Å². The van der Waals surface area contributed by atoms with E-state index < -0.39 is 0 Å². The van der Waals surface area contributed by atoms with Crippen LogP contribution >= 0.6 is 0 Å². The summed E-state index contributed by atoms with van der Waals surface area (Å²) in [5.41, 5.74) is 4.39. The van der Waals surface area contributed by atoms with Gasteiger partial charge in [0.15, 0.2) is 0 Å². The number of amides is 1. The first-order valence-electron chi connectivity index (χ1n) is 9.89. The number of para-hydroxylation sites is 2. The Hall–Kier alpha value is -2.62. The summed E-state index contributed by atoms with van der Waals surface area (Å²) in [7, 11) is 0. The molecule has 1 aliphatic heterocycles. The zero-order valence-electron chi connectivity index (χ0n) is 16.4. The maximum absolute atomic E-state index is 12.7. The number of nitrogens with zero attached hydrogens (tertiary/aromatic N) is 3.